The van der Waals surface area contributed by atoms with Crippen LogP contribution in [-0.2, 0) is 33.3 Å². The van der Waals surface area contributed by atoms with Crippen molar-refractivity contribution >= 4 is 17.9 Å². The minimum absolute atomic E-state index is 0.152. The zero-order valence-corrected chi connectivity index (χ0v) is 47.6. The van der Waals surface area contributed by atoms with E-state index in [1.54, 1.807) is 0 Å². The molecule has 0 aromatic heterocycles. The lowest BCUT2D eigenvalue weighted by Crippen LogP contribution is -2.44. The third-order valence-corrected chi connectivity index (χ3v) is 13.7. The molecule has 0 radical (unpaired) electrons. The fourth-order valence-corrected chi connectivity index (χ4v) is 8.98. The van der Waals surface area contributed by atoms with Gasteiger partial charge in [0, 0.05) is 12.8 Å². The molecule has 0 saturated heterocycles. The molecule has 2 atom stereocenters. The SMILES string of the molecule is CCCCCCC/C=C\C/C=C\CCCCCCCCCCCCCCCCCCCCCCCCCC(=O)OC(COC(=O)CCCCCCCCCCCCC)COC(OCC[N+](C)(C)C)C(=O)[O-]. The maximum absolute atomic E-state index is 12.8. The number of carboxylic acids is 1. The van der Waals surface area contributed by atoms with Crippen LogP contribution in [0.25, 0.3) is 0 Å². The van der Waals surface area contributed by atoms with Crippen molar-refractivity contribution in [1.29, 1.82) is 0 Å². The maximum atomic E-state index is 12.8. The summed E-state index contributed by atoms with van der Waals surface area (Å²) in [5, 5.41) is 11.7. The smallest absolute Gasteiger partial charge is 0.306 e. The quantitative estimate of drug-likeness (QED) is 0.0195. The molecule has 0 aliphatic rings. The van der Waals surface area contributed by atoms with Gasteiger partial charge in [0.25, 0.3) is 0 Å². The molecule has 0 heterocycles. The first-order valence-corrected chi connectivity index (χ1v) is 30.5. The average molecular weight is 1000 g/mol. The number of esters is 2. The van der Waals surface area contributed by atoms with Gasteiger partial charge >= 0.3 is 11.9 Å². The maximum Gasteiger partial charge on any atom is 0.306 e. The third kappa shape index (κ3) is 55.4. The van der Waals surface area contributed by atoms with Gasteiger partial charge in [-0.2, -0.15) is 0 Å². The van der Waals surface area contributed by atoms with E-state index < -0.39 is 24.3 Å². The van der Waals surface area contributed by atoms with Crippen LogP contribution in [0.5, 0.6) is 0 Å². The Morgan fingerprint density at radius 1 is 0.423 bits per heavy atom. The number of unbranched alkanes of at least 4 members (excludes halogenated alkanes) is 38. The highest BCUT2D eigenvalue weighted by molar-refractivity contribution is 5.70. The first-order chi connectivity index (χ1) is 34.6. The molecule has 0 aromatic rings. The first kappa shape index (κ1) is 68.8. The lowest BCUT2D eigenvalue weighted by atomic mass is 10.0. The van der Waals surface area contributed by atoms with Gasteiger partial charge in [-0.05, 0) is 44.9 Å². The molecule has 0 amide bonds. The number of ether oxygens (including phenoxy) is 4. The van der Waals surface area contributed by atoms with Crippen LogP contribution in [0.15, 0.2) is 24.3 Å². The molecule has 418 valence electrons. The van der Waals surface area contributed by atoms with Gasteiger partial charge in [0.1, 0.15) is 13.2 Å². The van der Waals surface area contributed by atoms with Crippen LogP contribution in [0, 0.1) is 0 Å². The van der Waals surface area contributed by atoms with Crippen LogP contribution in [0.4, 0.5) is 0 Å². The number of allylic oxidation sites excluding steroid dienone is 4. The van der Waals surface area contributed by atoms with Gasteiger partial charge in [-0.15, -0.1) is 0 Å². The Kier molecular flexibility index (Phi) is 52.3. The molecule has 0 aromatic carbocycles. The van der Waals surface area contributed by atoms with Crippen LogP contribution >= 0.6 is 0 Å². The zero-order chi connectivity index (χ0) is 52.0. The van der Waals surface area contributed by atoms with Gasteiger partial charge < -0.3 is 33.3 Å². The second kappa shape index (κ2) is 54.0. The summed E-state index contributed by atoms with van der Waals surface area (Å²) in [5.74, 6) is -2.26. The van der Waals surface area contributed by atoms with Crippen LogP contribution in [0.2, 0.25) is 0 Å². The summed E-state index contributed by atoms with van der Waals surface area (Å²) < 4.78 is 22.7. The Balaban J connectivity index is 3.95. The molecule has 0 aliphatic heterocycles. The van der Waals surface area contributed by atoms with Crippen molar-refractivity contribution in [2.45, 2.75) is 309 Å². The fraction of sp³-hybridized carbons (Fsp3) is 0.887. The molecule has 9 nitrogen and oxygen atoms in total. The molecule has 9 heteroatoms. The van der Waals surface area contributed by atoms with Crippen LogP contribution in [0.3, 0.4) is 0 Å². The van der Waals surface area contributed by atoms with E-state index in [4.69, 9.17) is 18.9 Å². The van der Waals surface area contributed by atoms with Crippen molar-refractivity contribution in [3.05, 3.63) is 24.3 Å². The predicted octanol–water partition coefficient (Wildman–Crippen LogP) is 16.6. The second-order valence-electron chi connectivity index (χ2n) is 22.0. The van der Waals surface area contributed by atoms with Crippen molar-refractivity contribution in [2.75, 3.05) is 47.5 Å². The van der Waals surface area contributed by atoms with Crippen molar-refractivity contribution < 1.29 is 42.9 Å². The third-order valence-electron chi connectivity index (χ3n) is 13.7. The number of likely N-dealkylation sites (N-methyl/N-ethyl adjacent to an activating group) is 1. The summed E-state index contributed by atoms with van der Waals surface area (Å²) in [7, 11) is 5.93. The second-order valence-corrected chi connectivity index (χ2v) is 22.0. The molecule has 0 bridgehead atoms. The number of hydrogen-bond donors (Lipinski definition) is 0. The lowest BCUT2D eigenvalue weighted by Gasteiger charge is -2.26. The predicted molar refractivity (Wildman–Crippen MR) is 297 cm³/mol. The number of carbonyl (C=O) groups is 3. The highest BCUT2D eigenvalue weighted by Gasteiger charge is 2.22. The summed E-state index contributed by atoms with van der Waals surface area (Å²) in [5.41, 5.74) is 0. The first-order valence-electron chi connectivity index (χ1n) is 30.5. The number of quaternary nitrogens is 1. The van der Waals surface area contributed by atoms with Crippen molar-refractivity contribution in [1.82, 2.24) is 0 Å². The molecular formula is C62H117NO8. The van der Waals surface area contributed by atoms with E-state index in [1.165, 1.54) is 225 Å². The number of aliphatic carboxylic acids is 1. The molecular weight excluding hydrogens is 887 g/mol. The van der Waals surface area contributed by atoms with E-state index in [2.05, 4.69) is 38.2 Å². The number of hydrogen-bond acceptors (Lipinski definition) is 8. The molecule has 0 rings (SSSR count). The Hall–Kier alpha value is -2.23. The van der Waals surface area contributed by atoms with Gasteiger partial charge in [0.2, 0.25) is 0 Å². The number of nitrogens with zero attached hydrogens (tertiary/aromatic N) is 1. The number of carbonyl (C=O) groups excluding carboxylic acids is 3. The Morgan fingerprint density at radius 2 is 0.761 bits per heavy atom. The molecule has 0 aliphatic carbocycles. The van der Waals surface area contributed by atoms with Gasteiger partial charge in [0.15, 0.2) is 12.4 Å². The summed E-state index contributed by atoms with van der Waals surface area (Å²) in [4.78, 5) is 37.2. The molecule has 0 saturated carbocycles. The average Bonchev–Trinajstić information content (AvgIpc) is 3.34. The normalized spacial score (nSPS) is 12.9. The Labute approximate surface area is 439 Å². The minimum Gasteiger partial charge on any atom is -0.545 e. The highest BCUT2D eigenvalue weighted by atomic mass is 16.7. The van der Waals surface area contributed by atoms with E-state index in [9.17, 15) is 19.5 Å². The van der Waals surface area contributed by atoms with Crippen molar-refractivity contribution in [2.24, 2.45) is 0 Å². The van der Waals surface area contributed by atoms with E-state index in [0.717, 1.165) is 44.9 Å². The number of carboxylic acid groups (broad SMARTS) is 1. The fourth-order valence-electron chi connectivity index (χ4n) is 8.98. The summed E-state index contributed by atoms with van der Waals surface area (Å²) in [6.45, 7) is 4.77. The molecule has 0 N–H and O–H groups in total. The van der Waals surface area contributed by atoms with E-state index in [0.29, 0.717) is 17.4 Å². The van der Waals surface area contributed by atoms with Crippen molar-refractivity contribution in [3.8, 4) is 0 Å². The van der Waals surface area contributed by atoms with Crippen LogP contribution < -0.4 is 5.11 Å². The topological polar surface area (TPSA) is 111 Å². The molecule has 71 heavy (non-hydrogen) atoms. The van der Waals surface area contributed by atoms with Crippen LogP contribution in [0.1, 0.15) is 296 Å². The molecule has 2 unspecified atom stereocenters. The van der Waals surface area contributed by atoms with E-state index in [-0.39, 0.29) is 32.2 Å². The number of rotatable bonds is 57. The van der Waals surface area contributed by atoms with E-state index >= 15 is 0 Å². The van der Waals surface area contributed by atoms with E-state index in [1.807, 2.05) is 21.1 Å². The lowest BCUT2D eigenvalue weighted by molar-refractivity contribution is -0.870. The van der Waals surface area contributed by atoms with Gasteiger partial charge in [-0.3, -0.25) is 9.59 Å². The summed E-state index contributed by atoms with van der Waals surface area (Å²) >= 11 is 0. The van der Waals surface area contributed by atoms with Crippen LogP contribution in [-0.4, -0.2) is 82.3 Å². The summed E-state index contributed by atoms with van der Waals surface area (Å²) in [6.07, 6.45) is 61.2. The van der Waals surface area contributed by atoms with Crippen molar-refractivity contribution in [3.63, 3.8) is 0 Å². The minimum atomic E-state index is -1.62. The molecule has 0 fully saturated rings. The Morgan fingerprint density at radius 3 is 1.11 bits per heavy atom. The Bertz CT molecular complexity index is 1210. The molecule has 0 spiro atoms. The monoisotopic (exact) mass is 1000 g/mol. The largest absolute Gasteiger partial charge is 0.545 e. The zero-order valence-electron chi connectivity index (χ0n) is 47.6. The van der Waals surface area contributed by atoms with Gasteiger partial charge in [0.05, 0.1) is 40.3 Å². The van der Waals surface area contributed by atoms with Gasteiger partial charge in [-0.25, -0.2) is 0 Å². The summed E-state index contributed by atoms with van der Waals surface area (Å²) in [6, 6.07) is 0. The van der Waals surface area contributed by atoms with Gasteiger partial charge in [-0.1, -0.05) is 263 Å². The highest BCUT2D eigenvalue weighted by Crippen LogP contribution is 2.18. The standard InChI is InChI=1S/C62H117NO8/c1-6-8-10-12-14-16-18-19-20-21-22-23-24-25-26-27-28-29-30-31-32-33-34-35-36-37-38-39-40-41-43-45-47-49-51-53-60(65)71-58(57-70-62(61(66)67)68-55-54-63(3,4)5)56-69-59(64)52-50-48-46-44-42-17-15-13-11-9-7-2/h18-19,21-22,58,62H,6-17,20,23-57H2,1-5H3/b19-18-,22-21-.